The summed E-state index contributed by atoms with van der Waals surface area (Å²) in [5, 5.41) is 27.1. The number of nitrogens with one attached hydrogen (secondary N) is 2. The fraction of sp³-hybridized carbons (Fsp3) is 0.271. The standard InChI is InChI=1S/C59H55FN11O12PS/c1-75-41-24-20-39(21-25-41)59(38-18-11-6-12-19-38,40-22-26-42(76-2)27-23-40)78-30-44-49(45(60)57(82-44)70-34-66-46-51(62-32-64-53(46)70)68-55(73)36-14-7-4-8-15-36)83-84(85,79-29-13-28-61)80-31-43-48(72)50(77-3)58(81-43)71-35-67-47-52(63-33-65-54(47)71)69-56(74)37-16-9-5-10-17-37/h4-12,14-27,32-35,43-45,48-50,57-58,72H,13,29-31H2,1-3H3,(H,62,64,68,73)(H,63,65,69,74)/t43-,44-,45?,48?,49?,50?,57-,58-,84?/m1/s1. The molecule has 2 aliphatic heterocycles. The summed E-state index contributed by atoms with van der Waals surface area (Å²) in [6.45, 7) is -5.41. The van der Waals surface area contributed by atoms with Crippen molar-refractivity contribution in [3.63, 3.8) is 0 Å². The molecule has 23 nitrogen and oxygen atoms in total. The van der Waals surface area contributed by atoms with Crippen molar-refractivity contribution < 1.29 is 61.1 Å². The van der Waals surface area contributed by atoms with E-state index in [0.29, 0.717) is 39.3 Å². The van der Waals surface area contributed by atoms with Gasteiger partial charge in [-0.25, -0.2) is 34.3 Å². The van der Waals surface area contributed by atoms with E-state index in [-0.39, 0.29) is 53.6 Å². The van der Waals surface area contributed by atoms with Crippen LogP contribution in [0.3, 0.4) is 0 Å². The van der Waals surface area contributed by atoms with E-state index >= 15 is 4.39 Å². The SMILES string of the molecule is COc1ccc(C(OC[C@H]2O[C@@H](n3cnc4c(NC(=O)c5ccccc5)ncnc43)C(F)C2OP(=S)(OCCC#N)OC[C@H]2O[C@@H](n3cnc4c(NC(=O)c5ccccc5)ncnc43)C(OC)C2O)(c2ccccc2)c2ccc(OC)cc2)cc1. The van der Waals surface area contributed by atoms with Gasteiger partial charge in [0.05, 0.1) is 59.2 Å². The number of ether oxygens (including phenoxy) is 6. The van der Waals surface area contributed by atoms with Crippen molar-refractivity contribution >= 4 is 64.3 Å². The molecule has 2 saturated heterocycles. The molecule has 6 heterocycles. The van der Waals surface area contributed by atoms with Crippen LogP contribution in [0.1, 0.15) is 56.3 Å². The number of carbonyl (C=O) groups is 2. The molecule has 0 saturated carbocycles. The van der Waals surface area contributed by atoms with E-state index in [1.165, 1.54) is 41.6 Å². The molecule has 4 aromatic heterocycles. The summed E-state index contributed by atoms with van der Waals surface area (Å²) in [7, 11) is 4.52. The predicted octanol–water partition coefficient (Wildman–Crippen LogP) is 8.26. The van der Waals surface area contributed by atoms with E-state index in [0.717, 1.165) is 0 Å². The van der Waals surface area contributed by atoms with Gasteiger partial charge >= 0.3 is 6.72 Å². The van der Waals surface area contributed by atoms with Crippen LogP contribution in [0.2, 0.25) is 0 Å². The van der Waals surface area contributed by atoms with Crippen LogP contribution < -0.4 is 20.1 Å². The van der Waals surface area contributed by atoms with Gasteiger partial charge in [-0.05, 0) is 77.0 Å². The number of alkyl halides is 1. The molecule has 85 heavy (non-hydrogen) atoms. The molecule has 5 aromatic carbocycles. The minimum atomic E-state index is -4.24. The van der Waals surface area contributed by atoms with Gasteiger partial charge in [0, 0.05) is 18.2 Å². The lowest BCUT2D eigenvalue weighted by Gasteiger charge is -2.37. The van der Waals surface area contributed by atoms with E-state index in [2.05, 4.69) is 40.5 Å². The second-order valence-electron chi connectivity index (χ2n) is 19.4. The van der Waals surface area contributed by atoms with Crippen molar-refractivity contribution in [2.45, 2.75) is 61.2 Å². The number of aromatic nitrogens is 8. The Kier molecular flexibility index (Phi) is 17.7. The van der Waals surface area contributed by atoms with Crippen molar-refractivity contribution in [1.82, 2.24) is 39.0 Å². The molecular formula is C59H55FN11O12PS. The molecule has 9 atom stereocenters. The second kappa shape index (κ2) is 25.8. The Morgan fingerprint density at radius 2 is 1.15 bits per heavy atom. The number of hydrogen-bond acceptors (Lipinski definition) is 20. The van der Waals surface area contributed by atoms with Crippen LogP contribution in [0.25, 0.3) is 22.3 Å². The number of rotatable bonds is 23. The molecule has 436 valence electrons. The number of nitrogens with zero attached hydrogens (tertiary/aromatic N) is 9. The monoisotopic (exact) mass is 1190 g/mol. The molecule has 3 N–H and O–H groups in total. The molecule has 0 radical (unpaired) electrons. The number of benzene rings is 5. The zero-order valence-electron chi connectivity index (χ0n) is 45.7. The fourth-order valence-corrected chi connectivity index (χ4v) is 12.3. The first-order valence-corrected chi connectivity index (χ1v) is 29.2. The molecule has 2 amide bonds. The quantitative estimate of drug-likeness (QED) is 0.0309. The van der Waals surface area contributed by atoms with Gasteiger partial charge < -0.3 is 53.2 Å². The van der Waals surface area contributed by atoms with E-state index in [9.17, 15) is 20.0 Å². The summed E-state index contributed by atoms with van der Waals surface area (Å²) in [5.41, 5.74) is 2.06. The number of halogens is 1. The zero-order valence-corrected chi connectivity index (χ0v) is 47.4. The van der Waals surface area contributed by atoms with E-state index in [4.69, 9.17) is 53.8 Å². The molecule has 2 fully saturated rings. The van der Waals surface area contributed by atoms with Gasteiger partial charge in [0.25, 0.3) is 11.8 Å². The topological polar surface area (TPSA) is 272 Å². The fourth-order valence-electron chi connectivity index (χ4n) is 10.2. The Hall–Kier alpha value is -8.51. The highest BCUT2D eigenvalue weighted by Crippen LogP contribution is 2.55. The second-order valence-corrected chi connectivity index (χ2v) is 22.3. The highest BCUT2D eigenvalue weighted by Gasteiger charge is 2.53. The summed E-state index contributed by atoms with van der Waals surface area (Å²) in [6.07, 6.45) is -6.34. The third kappa shape index (κ3) is 12.0. The zero-order chi connectivity index (χ0) is 59.1. The molecule has 26 heteroatoms. The van der Waals surface area contributed by atoms with Crippen LogP contribution in [0.4, 0.5) is 16.0 Å². The number of carbonyl (C=O) groups excluding carboxylic acids is 2. The van der Waals surface area contributed by atoms with Crippen LogP contribution in [-0.2, 0) is 49.9 Å². The van der Waals surface area contributed by atoms with Gasteiger partial charge in [0.1, 0.15) is 60.3 Å². The Balaban J connectivity index is 0.925. The van der Waals surface area contributed by atoms with Gasteiger partial charge in [-0.15, -0.1) is 0 Å². The van der Waals surface area contributed by atoms with Gasteiger partial charge in [-0.3, -0.25) is 23.2 Å². The first-order chi connectivity index (χ1) is 41.4. The van der Waals surface area contributed by atoms with Crippen LogP contribution >= 0.6 is 6.72 Å². The lowest BCUT2D eigenvalue weighted by molar-refractivity contribution is -0.0934. The maximum absolute atomic E-state index is 18.2. The van der Waals surface area contributed by atoms with E-state index in [1.54, 1.807) is 99.1 Å². The molecule has 0 aliphatic carbocycles. The molecule has 9 aromatic rings. The van der Waals surface area contributed by atoms with Crippen molar-refractivity contribution in [2.24, 2.45) is 0 Å². The van der Waals surface area contributed by atoms with E-state index < -0.39 is 79.9 Å². The Morgan fingerprint density at radius 1 is 0.659 bits per heavy atom. The van der Waals surface area contributed by atoms with Gasteiger partial charge in [-0.2, -0.15) is 5.26 Å². The number of aliphatic hydroxyl groups excluding tert-OH is 1. The number of fused-ring (bicyclic) bond motifs is 2. The number of imidazole rings is 2. The minimum Gasteiger partial charge on any atom is -0.497 e. The van der Waals surface area contributed by atoms with Crippen LogP contribution in [0, 0.1) is 11.3 Å². The summed E-state index contributed by atoms with van der Waals surface area (Å²) in [6, 6.07) is 43.2. The number of aliphatic hydroxyl groups is 1. The average Bonchev–Trinajstić information content (AvgIpc) is 2.47. The summed E-state index contributed by atoms with van der Waals surface area (Å²) in [4.78, 5) is 53.0. The number of nitriles is 1. The molecule has 11 rings (SSSR count). The summed E-state index contributed by atoms with van der Waals surface area (Å²) in [5.74, 6) is 0.476. The lowest BCUT2D eigenvalue weighted by atomic mass is 9.80. The highest BCUT2D eigenvalue weighted by atomic mass is 32.5. The summed E-state index contributed by atoms with van der Waals surface area (Å²) >= 11 is 6.13. The number of amides is 2. The minimum absolute atomic E-state index is 0.0564. The van der Waals surface area contributed by atoms with Gasteiger partial charge in [-0.1, -0.05) is 91.0 Å². The van der Waals surface area contributed by atoms with Crippen LogP contribution in [0.15, 0.2) is 165 Å². The van der Waals surface area contributed by atoms with Crippen molar-refractivity contribution in [3.05, 3.63) is 193 Å². The predicted molar refractivity (Wildman–Crippen MR) is 309 cm³/mol. The van der Waals surface area contributed by atoms with Crippen LogP contribution in [0.5, 0.6) is 11.5 Å². The molecule has 5 unspecified atom stereocenters. The number of methoxy groups -OCH3 is 3. The van der Waals surface area contributed by atoms with Crippen molar-refractivity contribution in [2.75, 3.05) is 51.8 Å². The van der Waals surface area contributed by atoms with Crippen molar-refractivity contribution in [1.29, 1.82) is 5.26 Å². The first-order valence-electron chi connectivity index (χ1n) is 26.6. The molecule has 0 bridgehead atoms. The third-order valence-electron chi connectivity index (χ3n) is 14.4. The normalized spacial score (nSPS) is 21.1. The summed E-state index contributed by atoms with van der Waals surface area (Å²) < 4.78 is 77.7. The van der Waals surface area contributed by atoms with Gasteiger partial charge in [0.15, 0.2) is 52.6 Å². The highest BCUT2D eigenvalue weighted by molar-refractivity contribution is 8.07. The molecular weight excluding hydrogens is 1140 g/mol. The lowest BCUT2D eigenvalue weighted by Crippen LogP contribution is -2.40. The number of hydrogen-bond donors (Lipinski definition) is 3. The number of anilines is 2. The Labute approximate surface area is 490 Å². The third-order valence-corrected chi connectivity index (χ3v) is 16.8. The van der Waals surface area contributed by atoms with E-state index in [1.807, 2.05) is 60.7 Å². The average molecular weight is 1190 g/mol. The Bertz CT molecular complexity index is 3820. The van der Waals surface area contributed by atoms with Crippen molar-refractivity contribution in [3.8, 4) is 17.6 Å². The largest absolute Gasteiger partial charge is 0.497 e. The molecule has 0 spiro atoms. The molecule has 2 aliphatic rings. The van der Waals surface area contributed by atoms with Gasteiger partial charge in [0.2, 0.25) is 0 Å². The first kappa shape index (κ1) is 58.3. The maximum atomic E-state index is 18.2. The van der Waals surface area contributed by atoms with Crippen LogP contribution in [-0.4, -0.2) is 134 Å². The smallest absolute Gasteiger partial charge is 0.327 e. The Morgan fingerprint density at radius 3 is 1.66 bits per heavy atom. The maximum Gasteiger partial charge on any atom is 0.327 e.